The quantitative estimate of drug-likeness (QED) is 0.451. The van der Waals surface area contributed by atoms with Crippen molar-refractivity contribution in [1.82, 2.24) is 0 Å². The monoisotopic (exact) mass is 385 g/mol. The van der Waals surface area contributed by atoms with E-state index < -0.39 is 7.05 Å². The molecule has 24 heavy (non-hydrogen) atoms. The molecule has 5 nitrogen and oxygen atoms in total. The zero-order chi connectivity index (χ0) is 17.1. The molecular weight excluding hydrogens is 369 g/mol. The summed E-state index contributed by atoms with van der Waals surface area (Å²) in [6.07, 6.45) is 0. The van der Waals surface area contributed by atoms with Gasteiger partial charge in [-0.3, -0.25) is 0 Å². The first-order valence-electron chi connectivity index (χ1n) is 7.78. The SMILES string of the molecule is C[B]ON(c1ccc(Br)cc1)c1ccc(N(B(C)O)B2CO2)cc1. The van der Waals surface area contributed by atoms with Gasteiger partial charge in [-0.1, -0.05) is 22.8 Å². The third-order valence-corrected chi connectivity index (χ3v) is 4.21. The highest BCUT2D eigenvalue weighted by Gasteiger charge is 2.41. The molecule has 1 aliphatic heterocycles. The zero-order valence-corrected chi connectivity index (χ0v) is 15.2. The maximum atomic E-state index is 9.94. The third kappa shape index (κ3) is 3.98. The van der Waals surface area contributed by atoms with Gasteiger partial charge in [0.15, 0.2) is 0 Å². The third-order valence-electron chi connectivity index (χ3n) is 3.68. The van der Waals surface area contributed by atoms with Crippen molar-refractivity contribution in [1.29, 1.82) is 0 Å². The van der Waals surface area contributed by atoms with Gasteiger partial charge in [0.25, 0.3) is 0 Å². The van der Waals surface area contributed by atoms with Gasteiger partial charge in [0.05, 0.1) is 17.9 Å². The molecule has 0 aliphatic carbocycles. The Hall–Kier alpha value is -1.41. The van der Waals surface area contributed by atoms with Crippen LogP contribution in [0, 0.1) is 0 Å². The molecule has 2 aromatic carbocycles. The second-order valence-electron chi connectivity index (χ2n) is 5.46. The summed E-state index contributed by atoms with van der Waals surface area (Å²) in [6, 6.07) is 15.7. The van der Waals surface area contributed by atoms with Gasteiger partial charge in [-0.25, -0.2) is 5.06 Å². The molecule has 9 heteroatoms. The average Bonchev–Trinajstić information content (AvgIpc) is 3.39. The topological polar surface area (TPSA) is 48.5 Å². The van der Waals surface area contributed by atoms with E-state index in [1.54, 1.807) is 19.4 Å². The molecule has 1 fully saturated rings. The number of hydrogen-bond acceptors (Lipinski definition) is 5. The summed E-state index contributed by atoms with van der Waals surface area (Å²) >= 11 is 3.44. The molecule has 0 spiro atoms. The number of nitrogens with zero attached hydrogens (tertiary/aromatic N) is 2. The summed E-state index contributed by atoms with van der Waals surface area (Å²) < 4.78 is 13.8. The summed E-state index contributed by atoms with van der Waals surface area (Å²) in [7, 11) is 0.987. The Kier molecular flexibility index (Phi) is 5.55. The highest BCUT2D eigenvalue weighted by molar-refractivity contribution is 9.10. The van der Waals surface area contributed by atoms with Gasteiger partial charge in [0.1, 0.15) is 0 Å². The number of anilines is 3. The summed E-state index contributed by atoms with van der Waals surface area (Å²) in [5.74, 6) is 0. The smallest absolute Gasteiger partial charge is 0.429 e. The fourth-order valence-electron chi connectivity index (χ4n) is 2.54. The first kappa shape index (κ1) is 17.4. The Bertz CT molecular complexity index is 667. The largest absolute Gasteiger partial charge is 0.433 e. The Labute approximate surface area is 152 Å². The number of halogens is 1. The molecule has 0 atom stereocenters. The van der Waals surface area contributed by atoms with E-state index in [0.717, 1.165) is 21.5 Å². The summed E-state index contributed by atoms with van der Waals surface area (Å²) in [4.78, 5) is 0. The maximum Gasteiger partial charge on any atom is 0.429 e. The zero-order valence-electron chi connectivity index (χ0n) is 13.6. The van der Waals surface area contributed by atoms with E-state index in [0.29, 0.717) is 6.51 Å². The minimum atomic E-state index is -0.605. The van der Waals surface area contributed by atoms with Crippen molar-refractivity contribution in [2.45, 2.75) is 13.6 Å². The molecule has 0 amide bonds. The van der Waals surface area contributed by atoms with Crippen LogP contribution in [0.15, 0.2) is 53.0 Å². The molecule has 1 heterocycles. The van der Waals surface area contributed by atoms with Crippen molar-refractivity contribution in [3.8, 4) is 0 Å². The summed E-state index contributed by atoms with van der Waals surface area (Å²) in [5.41, 5.74) is 2.72. The van der Waals surface area contributed by atoms with Crippen molar-refractivity contribution in [2.24, 2.45) is 0 Å². The number of rotatable bonds is 7. The van der Waals surface area contributed by atoms with Crippen LogP contribution in [0.4, 0.5) is 17.1 Å². The van der Waals surface area contributed by atoms with Crippen molar-refractivity contribution >= 4 is 54.6 Å². The van der Waals surface area contributed by atoms with Gasteiger partial charge in [0.2, 0.25) is 0 Å². The molecular formula is C15H17B3BrN2O3. The molecule has 121 valence electrons. The average molecular weight is 386 g/mol. The van der Waals surface area contributed by atoms with Crippen LogP contribution in [0.3, 0.4) is 0 Å². The van der Waals surface area contributed by atoms with Crippen LogP contribution >= 0.6 is 15.9 Å². The highest BCUT2D eigenvalue weighted by atomic mass is 79.9. The van der Waals surface area contributed by atoms with Gasteiger partial charge in [-0.05, 0) is 55.4 Å². The van der Waals surface area contributed by atoms with E-state index in [1.165, 1.54) is 0 Å². The predicted octanol–water partition coefficient (Wildman–Crippen LogP) is 3.16. The Morgan fingerprint density at radius 2 is 1.62 bits per heavy atom. The van der Waals surface area contributed by atoms with E-state index in [9.17, 15) is 5.02 Å². The lowest BCUT2D eigenvalue weighted by atomic mass is 9.72. The van der Waals surface area contributed by atoms with E-state index in [-0.39, 0.29) is 7.05 Å². The summed E-state index contributed by atoms with van der Waals surface area (Å²) in [5, 5.41) is 11.7. The predicted molar refractivity (Wildman–Crippen MR) is 103 cm³/mol. The van der Waals surface area contributed by atoms with Crippen LogP contribution in [0.2, 0.25) is 13.6 Å². The second-order valence-corrected chi connectivity index (χ2v) is 6.37. The van der Waals surface area contributed by atoms with Crippen LogP contribution in [-0.4, -0.2) is 33.1 Å². The first-order chi connectivity index (χ1) is 11.6. The molecule has 1 aliphatic rings. The first-order valence-corrected chi connectivity index (χ1v) is 8.58. The minimum absolute atomic E-state index is 0.0429. The van der Waals surface area contributed by atoms with Gasteiger partial charge >= 0.3 is 21.6 Å². The van der Waals surface area contributed by atoms with E-state index in [2.05, 4.69) is 15.9 Å². The maximum absolute atomic E-state index is 9.94. The lowest BCUT2D eigenvalue weighted by Crippen LogP contribution is -2.42. The van der Waals surface area contributed by atoms with Crippen molar-refractivity contribution < 1.29 is 14.4 Å². The Balaban J connectivity index is 1.85. The molecule has 0 saturated carbocycles. The van der Waals surface area contributed by atoms with Crippen LogP contribution in [-0.2, 0) is 9.41 Å². The highest BCUT2D eigenvalue weighted by Crippen LogP contribution is 2.30. The van der Waals surface area contributed by atoms with Crippen LogP contribution < -0.4 is 9.79 Å². The van der Waals surface area contributed by atoms with Crippen LogP contribution in [0.25, 0.3) is 0 Å². The van der Waals surface area contributed by atoms with Crippen LogP contribution in [0.1, 0.15) is 0 Å². The molecule has 0 aromatic heterocycles. The minimum Gasteiger partial charge on any atom is -0.433 e. The van der Waals surface area contributed by atoms with E-state index in [4.69, 9.17) is 9.41 Å². The molecule has 1 saturated heterocycles. The standard InChI is InChI=1S/C15H17B3BrN2O3/c1-16-24-20(13-5-3-12(19)4-6-13)14-7-9-15(10-8-14)21(17(2)22)18-11-23-18/h3-10,22H,11H2,1-2H3. The Morgan fingerprint density at radius 1 is 1.12 bits per heavy atom. The van der Waals surface area contributed by atoms with Crippen molar-refractivity contribution in [3.05, 3.63) is 53.0 Å². The lowest BCUT2D eigenvalue weighted by molar-refractivity contribution is 0.346. The lowest BCUT2D eigenvalue weighted by Gasteiger charge is -2.26. The fraction of sp³-hybridized carbons (Fsp3) is 0.200. The molecule has 0 bridgehead atoms. The van der Waals surface area contributed by atoms with Crippen molar-refractivity contribution in [2.75, 3.05) is 16.3 Å². The second kappa shape index (κ2) is 7.65. The van der Waals surface area contributed by atoms with E-state index >= 15 is 0 Å². The number of benzene rings is 2. The summed E-state index contributed by atoms with van der Waals surface area (Å²) in [6.45, 7) is 4.21. The molecule has 0 unspecified atom stereocenters. The fourth-order valence-corrected chi connectivity index (χ4v) is 2.80. The molecule has 1 radical (unpaired) electrons. The molecule has 3 rings (SSSR count). The normalized spacial score (nSPS) is 12.8. The van der Waals surface area contributed by atoms with Gasteiger partial charge in [0, 0.05) is 10.2 Å². The molecule has 1 N–H and O–H groups in total. The Morgan fingerprint density at radius 3 is 2.08 bits per heavy atom. The number of hydrogen-bond donors (Lipinski definition) is 1. The van der Waals surface area contributed by atoms with Gasteiger partial charge in [-0.15, -0.1) is 0 Å². The molecule has 2 aromatic rings. The van der Waals surface area contributed by atoms with Crippen molar-refractivity contribution in [3.63, 3.8) is 0 Å². The van der Waals surface area contributed by atoms with Crippen LogP contribution in [0.5, 0.6) is 0 Å². The van der Waals surface area contributed by atoms with Gasteiger partial charge in [-0.2, -0.15) is 0 Å². The van der Waals surface area contributed by atoms with E-state index in [1.807, 2.05) is 60.1 Å². The van der Waals surface area contributed by atoms with Gasteiger partial charge < -0.3 is 19.2 Å².